The number of carbonyl (C=O) groups excluding carboxylic acids is 1. The number of rotatable bonds is 5. The van der Waals surface area contributed by atoms with Gasteiger partial charge >= 0.3 is 6.16 Å². The van der Waals surface area contributed by atoms with E-state index in [1.165, 1.54) is 0 Å². The van der Waals surface area contributed by atoms with Crippen LogP contribution in [0, 0.1) is 4.91 Å². The number of hydrogen-bond acceptors (Lipinski definition) is 8. The average molecular weight is 221 g/mol. The molecule has 1 fully saturated rings. The minimum absolute atomic E-state index is 0.214. The summed E-state index contributed by atoms with van der Waals surface area (Å²) in [6, 6.07) is -1.36. The standard InChI is InChI=1S/C7H11NO7/c9-1-3(8-13)5(10)6(11)4-2-14-7(12)15-4/h3-6,9-11H,1-2H2/t3-,4-,5+,6+/m1/s1. The maximum absolute atomic E-state index is 10.5. The number of nitrogens with zero attached hydrogens (tertiary/aromatic N) is 1. The van der Waals surface area contributed by atoms with Gasteiger partial charge in [0.05, 0.1) is 6.61 Å². The second kappa shape index (κ2) is 5.01. The van der Waals surface area contributed by atoms with E-state index in [0.717, 1.165) is 0 Å². The average Bonchev–Trinajstić information content (AvgIpc) is 2.65. The molecule has 8 nitrogen and oxygen atoms in total. The van der Waals surface area contributed by atoms with Gasteiger partial charge in [0, 0.05) is 0 Å². The third kappa shape index (κ3) is 2.61. The topological polar surface area (TPSA) is 126 Å². The van der Waals surface area contributed by atoms with E-state index >= 15 is 0 Å². The summed E-state index contributed by atoms with van der Waals surface area (Å²) in [5.74, 6) is 0. The van der Waals surface area contributed by atoms with E-state index in [2.05, 4.69) is 14.7 Å². The predicted octanol–water partition coefficient (Wildman–Crippen LogP) is -1.63. The first-order valence-electron chi connectivity index (χ1n) is 4.23. The zero-order valence-electron chi connectivity index (χ0n) is 7.65. The van der Waals surface area contributed by atoms with Crippen molar-refractivity contribution in [2.75, 3.05) is 13.2 Å². The summed E-state index contributed by atoms with van der Waals surface area (Å²) in [5, 5.41) is 29.9. The van der Waals surface area contributed by atoms with E-state index in [1.54, 1.807) is 0 Å². The molecule has 1 aliphatic rings. The third-order valence-corrected chi connectivity index (χ3v) is 2.06. The number of cyclic esters (lactones) is 2. The van der Waals surface area contributed by atoms with Crippen molar-refractivity contribution >= 4 is 6.16 Å². The molecule has 0 spiro atoms. The summed E-state index contributed by atoms with van der Waals surface area (Å²) < 4.78 is 8.87. The van der Waals surface area contributed by atoms with Crippen LogP contribution in [0.1, 0.15) is 0 Å². The molecule has 1 rings (SSSR count). The van der Waals surface area contributed by atoms with Gasteiger partial charge in [0.25, 0.3) is 0 Å². The molecular weight excluding hydrogens is 210 g/mol. The van der Waals surface area contributed by atoms with Crippen molar-refractivity contribution in [3.05, 3.63) is 4.91 Å². The van der Waals surface area contributed by atoms with Crippen molar-refractivity contribution in [3.8, 4) is 0 Å². The molecule has 15 heavy (non-hydrogen) atoms. The van der Waals surface area contributed by atoms with Crippen LogP contribution in [0.3, 0.4) is 0 Å². The van der Waals surface area contributed by atoms with Crippen molar-refractivity contribution in [1.82, 2.24) is 0 Å². The molecule has 0 aliphatic carbocycles. The van der Waals surface area contributed by atoms with Gasteiger partial charge in [0.2, 0.25) is 0 Å². The zero-order chi connectivity index (χ0) is 11.4. The van der Waals surface area contributed by atoms with Crippen LogP contribution in [-0.4, -0.2) is 59.0 Å². The summed E-state index contributed by atoms with van der Waals surface area (Å²) in [6.45, 7) is -0.919. The maximum atomic E-state index is 10.5. The smallest absolute Gasteiger partial charge is 0.430 e. The lowest BCUT2D eigenvalue weighted by Crippen LogP contribution is -2.45. The van der Waals surface area contributed by atoms with Crippen LogP contribution in [0.5, 0.6) is 0 Å². The van der Waals surface area contributed by atoms with Crippen LogP contribution in [-0.2, 0) is 9.47 Å². The second-order valence-electron chi connectivity index (χ2n) is 3.05. The van der Waals surface area contributed by atoms with Crippen LogP contribution in [0.15, 0.2) is 5.18 Å². The van der Waals surface area contributed by atoms with Crippen molar-refractivity contribution in [2.45, 2.75) is 24.4 Å². The summed E-state index contributed by atoms with van der Waals surface area (Å²) in [6.07, 6.45) is -5.13. The Morgan fingerprint density at radius 2 is 2.20 bits per heavy atom. The molecule has 3 N–H and O–H groups in total. The zero-order valence-corrected chi connectivity index (χ0v) is 7.65. The van der Waals surface area contributed by atoms with Gasteiger partial charge in [0.15, 0.2) is 6.10 Å². The number of aliphatic hydroxyl groups is 3. The molecule has 0 unspecified atom stereocenters. The first-order valence-corrected chi connectivity index (χ1v) is 4.23. The summed E-state index contributed by atoms with van der Waals surface area (Å²) in [5.41, 5.74) is 0. The van der Waals surface area contributed by atoms with Crippen LogP contribution < -0.4 is 0 Å². The number of hydrogen-bond donors (Lipinski definition) is 3. The molecule has 0 radical (unpaired) electrons. The highest BCUT2D eigenvalue weighted by Crippen LogP contribution is 2.15. The van der Waals surface area contributed by atoms with Gasteiger partial charge in [0.1, 0.15) is 24.9 Å². The van der Waals surface area contributed by atoms with Crippen molar-refractivity contribution in [1.29, 1.82) is 0 Å². The van der Waals surface area contributed by atoms with Crippen LogP contribution >= 0.6 is 0 Å². The molecule has 0 aromatic rings. The van der Waals surface area contributed by atoms with E-state index in [9.17, 15) is 19.9 Å². The maximum Gasteiger partial charge on any atom is 0.508 e. The van der Waals surface area contributed by atoms with Crippen LogP contribution in [0.25, 0.3) is 0 Å². The fourth-order valence-corrected chi connectivity index (χ4v) is 1.16. The van der Waals surface area contributed by atoms with Gasteiger partial charge in [-0.3, -0.25) is 0 Å². The van der Waals surface area contributed by atoms with Crippen molar-refractivity contribution < 1.29 is 29.6 Å². The molecule has 1 heterocycles. The molecule has 1 aliphatic heterocycles. The molecule has 0 aromatic carbocycles. The fraction of sp³-hybridized carbons (Fsp3) is 0.857. The molecule has 4 atom stereocenters. The highest BCUT2D eigenvalue weighted by molar-refractivity contribution is 5.61. The van der Waals surface area contributed by atoms with Crippen LogP contribution in [0.2, 0.25) is 0 Å². The third-order valence-electron chi connectivity index (χ3n) is 2.06. The molecule has 86 valence electrons. The molecule has 0 aromatic heterocycles. The Hall–Kier alpha value is -1.25. The van der Waals surface area contributed by atoms with Crippen molar-refractivity contribution in [3.63, 3.8) is 0 Å². The van der Waals surface area contributed by atoms with Gasteiger partial charge in [-0.05, 0) is 0 Å². The van der Waals surface area contributed by atoms with Crippen molar-refractivity contribution in [2.24, 2.45) is 5.18 Å². The highest BCUT2D eigenvalue weighted by atomic mass is 16.8. The quantitative estimate of drug-likeness (QED) is 0.376. The first-order chi connectivity index (χ1) is 7.10. The first kappa shape index (κ1) is 11.8. The highest BCUT2D eigenvalue weighted by Gasteiger charge is 2.39. The Bertz CT molecular complexity index is 245. The van der Waals surface area contributed by atoms with E-state index in [-0.39, 0.29) is 6.61 Å². The Morgan fingerprint density at radius 3 is 2.60 bits per heavy atom. The van der Waals surface area contributed by atoms with Gasteiger partial charge < -0.3 is 24.8 Å². The number of aliphatic hydroxyl groups excluding tert-OH is 3. The minimum Gasteiger partial charge on any atom is -0.430 e. The summed E-state index contributed by atoms with van der Waals surface area (Å²) in [7, 11) is 0. The summed E-state index contributed by atoms with van der Waals surface area (Å²) >= 11 is 0. The predicted molar refractivity (Wildman–Crippen MR) is 44.9 cm³/mol. The van der Waals surface area contributed by atoms with Gasteiger partial charge in [-0.25, -0.2) is 4.79 Å². The molecule has 0 saturated carbocycles. The molecular formula is C7H11NO7. The Morgan fingerprint density at radius 1 is 1.53 bits per heavy atom. The fourth-order valence-electron chi connectivity index (χ4n) is 1.16. The number of carbonyl (C=O) groups is 1. The van der Waals surface area contributed by atoms with E-state index < -0.39 is 37.1 Å². The van der Waals surface area contributed by atoms with Crippen LogP contribution in [0.4, 0.5) is 4.79 Å². The van der Waals surface area contributed by atoms with E-state index in [4.69, 9.17) is 5.11 Å². The van der Waals surface area contributed by atoms with Gasteiger partial charge in [-0.15, -0.1) is 0 Å². The SMILES string of the molecule is O=N[C@H](CO)[C@H](O)[C@@H](O)[C@H]1COC(=O)O1. The lowest BCUT2D eigenvalue weighted by atomic mass is 10.0. The Kier molecular flexibility index (Phi) is 3.95. The monoisotopic (exact) mass is 221 g/mol. The Balaban J connectivity index is 2.55. The van der Waals surface area contributed by atoms with E-state index in [0.29, 0.717) is 0 Å². The number of nitroso groups, excluding NO2 is 1. The lowest BCUT2D eigenvalue weighted by Gasteiger charge is -2.22. The second-order valence-corrected chi connectivity index (χ2v) is 3.05. The molecule has 8 heteroatoms. The van der Waals surface area contributed by atoms with Gasteiger partial charge in [-0.2, -0.15) is 4.91 Å². The number of ether oxygens (including phenoxy) is 2. The van der Waals surface area contributed by atoms with Gasteiger partial charge in [-0.1, -0.05) is 5.18 Å². The van der Waals surface area contributed by atoms with E-state index in [1.807, 2.05) is 0 Å². The Labute approximate surface area is 84.4 Å². The normalized spacial score (nSPS) is 26.3. The molecule has 1 saturated heterocycles. The largest absolute Gasteiger partial charge is 0.508 e. The molecule has 0 bridgehead atoms. The molecule has 0 amide bonds. The summed E-state index contributed by atoms with van der Waals surface area (Å²) in [4.78, 5) is 20.7. The minimum atomic E-state index is -1.60. The lowest BCUT2D eigenvalue weighted by molar-refractivity contribution is -0.0626.